The standard InChI is InChI=1S/C30H25N3O3/c1-20-11-12-25(30-33-32-21(2)36-30)17-28(20)23-13-15-24(16-14-23)29(34)31-26-9-6-10-27(18-26)35-19-22-7-4-3-5-8-22/h3-18H,19H2,1-2H3,(H,31,34). The summed E-state index contributed by atoms with van der Waals surface area (Å²) < 4.78 is 11.4. The molecule has 5 rings (SSSR count). The second-order valence-electron chi connectivity index (χ2n) is 8.49. The van der Waals surface area contributed by atoms with E-state index in [0.29, 0.717) is 35.4 Å². The van der Waals surface area contributed by atoms with Gasteiger partial charge in [-0.3, -0.25) is 4.79 Å². The Kier molecular flexibility index (Phi) is 6.58. The predicted molar refractivity (Wildman–Crippen MR) is 140 cm³/mol. The smallest absolute Gasteiger partial charge is 0.255 e. The van der Waals surface area contributed by atoms with E-state index < -0.39 is 0 Å². The molecule has 1 N–H and O–H groups in total. The molecule has 1 heterocycles. The van der Waals surface area contributed by atoms with Gasteiger partial charge in [-0.2, -0.15) is 0 Å². The summed E-state index contributed by atoms with van der Waals surface area (Å²) in [7, 11) is 0. The number of nitrogens with one attached hydrogen (secondary N) is 1. The lowest BCUT2D eigenvalue weighted by Gasteiger charge is -2.11. The molecule has 0 aliphatic rings. The number of aryl methyl sites for hydroxylation is 2. The van der Waals surface area contributed by atoms with E-state index in [9.17, 15) is 4.79 Å². The number of nitrogens with zero attached hydrogens (tertiary/aromatic N) is 2. The van der Waals surface area contributed by atoms with Crippen LogP contribution in [0.5, 0.6) is 5.75 Å². The zero-order chi connectivity index (χ0) is 24.9. The molecule has 36 heavy (non-hydrogen) atoms. The summed E-state index contributed by atoms with van der Waals surface area (Å²) in [6.07, 6.45) is 0. The average molecular weight is 476 g/mol. The zero-order valence-electron chi connectivity index (χ0n) is 20.1. The van der Waals surface area contributed by atoms with Gasteiger partial charge in [0.25, 0.3) is 5.91 Å². The van der Waals surface area contributed by atoms with Gasteiger partial charge in [0.15, 0.2) is 0 Å². The topological polar surface area (TPSA) is 77.2 Å². The molecule has 5 aromatic rings. The fourth-order valence-corrected chi connectivity index (χ4v) is 3.89. The van der Waals surface area contributed by atoms with Crippen LogP contribution in [0, 0.1) is 13.8 Å². The van der Waals surface area contributed by atoms with Crippen molar-refractivity contribution in [1.29, 1.82) is 0 Å². The van der Waals surface area contributed by atoms with Gasteiger partial charge >= 0.3 is 0 Å². The SMILES string of the molecule is Cc1nnc(-c2ccc(C)c(-c3ccc(C(=O)Nc4cccc(OCc5ccccc5)c4)cc3)c2)o1. The summed E-state index contributed by atoms with van der Waals surface area (Å²) in [5, 5.41) is 11.0. The highest BCUT2D eigenvalue weighted by Crippen LogP contribution is 2.29. The van der Waals surface area contributed by atoms with Gasteiger partial charge in [-0.1, -0.05) is 54.6 Å². The lowest BCUT2D eigenvalue weighted by atomic mass is 9.97. The molecule has 0 aliphatic carbocycles. The molecule has 0 fully saturated rings. The van der Waals surface area contributed by atoms with Gasteiger partial charge in [-0.25, -0.2) is 0 Å². The van der Waals surface area contributed by atoms with Crippen LogP contribution in [-0.4, -0.2) is 16.1 Å². The van der Waals surface area contributed by atoms with E-state index in [4.69, 9.17) is 9.15 Å². The lowest BCUT2D eigenvalue weighted by molar-refractivity contribution is 0.102. The molecule has 1 amide bonds. The molecule has 178 valence electrons. The van der Waals surface area contributed by atoms with Crippen molar-refractivity contribution in [3.8, 4) is 28.3 Å². The maximum absolute atomic E-state index is 12.9. The Balaban J connectivity index is 1.28. The summed E-state index contributed by atoms with van der Waals surface area (Å²) >= 11 is 0. The number of anilines is 1. The van der Waals surface area contributed by atoms with Crippen LogP contribution in [-0.2, 0) is 6.61 Å². The monoisotopic (exact) mass is 475 g/mol. The first kappa shape index (κ1) is 23.1. The van der Waals surface area contributed by atoms with Crippen LogP contribution in [0.1, 0.15) is 27.4 Å². The molecule has 0 radical (unpaired) electrons. The lowest BCUT2D eigenvalue weighted by Crippen LogP contribution is -2.11. The van der Waals surface area contributed by atoms with Crippen molar-refractivity contribution in [3.63, 3.8) is 0 Å². The highest BCUT2D eigenvalue weighted by Gasteiger charge is 2.12. The molecule has 0 saturated heterocycles. The first-order chi connectivity index (χ1) is 17.5. The van der Waals surface area contributed by atoms with Crippen LogP contribution in [0.25, 0.3) is 22.6 Å². The maximum Gasteiger partial charge on any atom is 0.255 e. The number of hydrogen-bond donors (Lipinski definition) is 1. The molecule has 1 aromatic heterocycles. The largest absolute Gasteiger partial charge is 0.489 e. The Morgan fingerprint density at radius 3 is 2.36 bits per heavy atom. The molecule has 4 aromatic carbocycles. The van der Waals surface area contributed by atoms with E-state index in [1.807, 2.05) is 104 Å². The summed E-state index contributed by atoms with van der Waals surface area (Å²) in [5.74, 6) is 1.52. The fourth-order valence-electron chi connectivity index (χ4n) is 3.89. The van der Waals surface area contributed by atoms with E-state index in [0.717, 1.165) is 27.8 Å². The molecular formula is C30H25N3O3. The second-order valence-corrected chi connectivity index (χ2v) is 8.49. The minimum absolute atomic E-state index is 0.187. The average Bonchev–Trinajstić information content (AvgIpc) is 3.35. The minimum Gasteiger partial charge on any atom is -0.489 e. The molecule has 0 spiro atoms. The van der Waals surface area contributed by atoms with Crippen LogP contribution in [0.2, 0.25) is 0 Å². The number of ether oxygens (including phenoxy) is 1. The van der Waals surface area contributed by atoms with Crippen molar-refractivity contribution in [1.82, 2.24) is 10.2 Å². The molecule has 6 heteroatoms. The third-order valence-corrected chi connectivity index (χ3v) is 5.81. The van der Waals surface area contributed by atoms with Gasteiger partial charge in [0.2, 0.25) is 11.8 Å². The second kappa shape index (κ2) is 10.3. The number of carbonyl (C=O) groups excluding carboxylic acids is 1. The Hall–Kier alpha value is -4.71. The quantitative estimate of drug-likeness (QED) is 0.278. The van der Waals surface area contributed by atoms with Crippen LogP contribution in [0.15, 0.2) is 101 Å². The van der Waals surface area contributed by atoms with E-state index in [-0.39, 0.29) is 5.91 Å². The van der Waals surface area contributed by atoms with Crippen molar-refractivity contribution in [2.45, 2.75) is 20.5 Å². The Morgan fingerprint density at radius 2 is 1.61 bits per heavy atom. The fraction of sp³-hybridized carbons (Fsp3) is 0.100. The van der Waals surface area contributed by atoms with Crippen molar-refractivity contribution in [2.24, 2.45) is 0 Å². The molecule has 0 atom stereocenters. The molecule has 0 bridgehead atoms. The first-order valence-corrected chi connectivity index (χ1v) is 11.6. The predicted octanol–water partition coefficient (Wildman–Crippen LogP) is 6.85. The first-order valence-electron chi connectivity index (χ1n) is 11.6. The third-order valence-electron chi connectivity index (χ3n) is 5.81. The number of benzene rings is 4. The van der Waals surface area contributed by atoms with Gasteiger partial charge in [0.05, 0.1) is 0 Å². The molecule has 0 aliphatic heterocycles. The van der Waals surface area contributed by atoms with Gasteiger partial charge in [-0.05, 0) is 65.6 Å². The van der Waals surface area contributed by atoms with Gasteiger partial charge < -0.3 is 14.5 Å². The highest BCUT2D eigenvalue weighted by molar-refractivity contribution is 6.04. The summed E-state index contributed by atoms with van der Waals surface area (Å²) in [4.78, 5) is 12.9. The number of carbonyl (C=O) groups is 1. The number of hydrogen-bond acceptors (Lipinski definition) is 5. The Morgan fingerprint density at radius 1 is 0.833 bits per heavy atom. The van der Waals surface area contributed by atoms with Crippen LogP contribution >= 0.6 is 0 Å². The van der Waals surface area contributed by atoms with E-state index in [1.165, 1.54) is 0 Å². The number of rotatable bonds is 7. The summed E-state index contributed by atoms with van der Waals surface area (Å²) in [6.45, 7) is 4.28. The van der Waals surface area contributed by atoms with Gasteiger partial charge in [0.1, 0.15) is 12.4 Å². The van der Waals surface area contributed by atoms with Crippen molar-refractivity contribution in [3.05, 3.63) is 120 Å². The minimum atomic E-state index is -0.187. The highest BCUT2D eigenvalue weighted by atomic mass is 16.5. The Labute approximate surface area is 209 Å². The van der Waals surface area contributed by atoms with Crippen molar-refractivity contribution >= 4 is 11.6 Å². The zero-order valence-corrected chi connectivity index (χ0v) is 20.1. The van der Waals surface area contributed by atoms with Crippen LogP contribution < -0.4 is 10.1 Å². The normalized spacial score (nSPS) is 10.7. The number of aromatic nitrogens is 2. The van der Waals surface area contributed by atoms with E-state index in [2.05, 4.69) is 15.5 Å². The van der Waals surface area contributed by atoms with E-state index >= 15 is 0 Å². The van der Waals surface area contributed by atoms with Crippen LogP contribution in [0.4, 0.5) is 5.69 Å². The molecule has 0 unspecified atom stereocenters. The molecular weight excluding hydrogens is 450 g/mol. The van der Waals surface area contributed by atoms with Gasteiger partial charge in [0, 0.05) is 29.8 Å². The Bertz CT molecular complexity index is 1490. The summed E-state index contributed by atoms with van der Waals surface area (Å²) in [6, 6.07) is 30.9. The number of amides is 1. The van der Waals surface area contributed by atoms with E-state index in [1.54, 1.807) is 6.92 Å². The van der Waals surface area contributed by atoms with Crippen molar-refractivity contribution < 1.29 is 13.9 Å². The van der Waals surface area contributed by atoms with Crippen LogP contribution in [0.3, 0.4) is 0 Å². The van der Waals surface area contributed by atoms with Gasteiger partial charge in [-0.15, -0.1) is 10.2 Å². The summed E-state index contributed by atoms with van der Waals surface area (Å²) in [5.41, 5.74) is 6.33. The molecule has 6 nitrogen and oxygen atoms in total. The molecule has 0 saturated carbocycles. The van der Waals surface area contributed by atoms with Crippen molar-refractivity contribution in [2.75, 3.05) is 5.32 Å². The third kappa shape index (κ3) is 5.33. The maximum atomic E-state index is 12.9.